The molecular formula is C42H54N4O8. The third kappa shape index (κ3) is 8.17. The van der Waals surface area contributed by atoms with Gasteiger partial charge in [0.1, 0.15) is 17.7 Å². The monoisotopic (exact) mass is 742 g/mol. The molecule has 2 N–H and O–H groups in total. The molecule has 0 radical (unpaired) electrons. The third-order valence-corrected chi connectivity index (χ3v) is 11.4. The zero-order valence-electron chi connectivity index (χ0n) is 31.2. The van der Waals surface area contributed by atoms with Gasteiger partial charge in [-0.15, -0.1) is 13.2 Å². The van der Waals surface area contributed by atoms with Crippen LogP contribution in [0.15, 0.2) is 86.0 Å². The van der Waals surface area contributed by atoms with Gasteiger partial charge in [-0.05, 0) is 43.7 Å². The topological polar surface area (TPSA) is 138 Å². The molecule has 2 aromatic rings. The number of fused-ring (bicyclic) bond motifs is 1. The maximum absolute atomic E-state index is 15.0. The Bertz CT molecular complexity index is 1640. The molecule has 0 unspecified atom stereocenters. The number of carbonyl (C=O) groups excluding carboxylic acids is 4. The van der Waals surface area contributed by atoms with Crippen molar-refractivity contribution in [1.29, 1.82) is 0 Å². The SMILES string of the molecule is C=CCCC(=O)N[C@@H](C)[C@H](OC(=O)[C@@H]1[C@@H]2CC[C@]3(O2)[C@H](C(=O)N(CC=C)CCN2CCOCC2)N([C@@H](CO)Cc2ccccc2)C(=O)[C@@H]13)c1ccccc1. The molecule has 0 aliphatic carbocycles. The lowest BCUT2D eigenvalue weighted by Crippen LogP contribution is -2.59. The summed E-state index contributed by atoms with van der Waals surface area (Å²) in [5, 5.41) is 13.9. The molecular weight excluding hydrogens is 688 g/mol. The van der Waals surface area contributed by atoms with Crippen LogP contribution in [-0.4, -0.2) is 126 Å². The van der Waals surface area contributed by atoms with Gasteiger partial charge in [0.2, 0.25) is 17.7 Å². The van der Waals surface area contributed by atoms with E-state index in [0.717, 1.165) is 18.7 Å². The fourth-order valence-corrected chi connectivity index (χ4v) is 8.82. The van der Waals surface area contributed by atoms with Gasteiger partial charge in [-0.3, -0.25) is 24.1 Å². The predicted octanol–water partition coefficient (Wildman–Crippen LogP) is 3.07. The normalized spacial score (nSPS) is 26.4. The summed E-state index contributed by atoms with van der Waals surface area (Å²) in [6, 6.07) is 16.3. The molecule has 0 aromatic heterocycles. The lowest BCUT2D eigenvalue weighted by atomic mass is 9.70. The second kappa shape index (κ2) is 17.9. The number of benzene rings is 2. The molecule has 0 saturated carbocycles. The summed E-state index contributed by atoms with van der Waals surface area (Å²) >= 11 is 0. The van der Waals surface area contributed by atoms with E-state index in [1.807, 2.05) is 60.7 Å². The van der Waals surface area contributed by atoms with Gasteiger partial charge in [0.15, 0.2) is 0 Å². The quantitative estimate of drug-likeness (QED) is 0.175. The number of nitrogens with one attached hydrogen (secondary N) is 1. The lowest BCUT2D eigenvalue weighted by molar-refractivity contribution is -0.162. The Morgan fingerprint density at radius 3 is 2.44 bits per heavy atom. The van der Waals surface area contributed by atoms with Crippen molar-refractivity contribution in [3.8, 4) is 0 Å². The van der Waals surface area contributed by atoms with Crippen LogP contribution in [0, 0.1) is 11.8 Å². The molecule has 290 valence electrons. The van der Waals surface area contributed by atoms with Gasteiger partial charge < -0.3 is 34.4 Å². The van der Waals surface area contributed by atoms with Crippen molar-refractivity contribution >= 4 is 23.7 Å². The number of rotatable bonds is 18. The first kappa shape index (κ1) is 39.3. The number of likely N-dealkylation sites (tertiary alicyclic amines) is 1. The van der Waals surface area contributed by atoms with Gasteiger partial charge in [0.05, 0.1) is 49.8 Å². The number of amides is 3. The Balaban J connectivity index is 1.32. The molecule has 4 heterocycles. The number of aliphatic hydroxyl groups is 1. The minimum absolute atomic E-state index is 0.198. The second-order valence-corrected chi connectivity index (χ2v) is 14.8. The molecule has 2 bridgehead atoms. The smallest absolute Gasteiger partial charge is 0.313 e. The van der Waals surface area contributed by atoms with Crippen LogP contribution in [0.3, 0.4) is 0 Å². The summed E-state index contributed by atoms with van der Waals surface area (Å²) in [4.78, 5) is 62.7. The van der Waals surface area contributed by atoms with E-state index >= 15 is 0 Å². The molecule has 12 nitrogen and oxygen atoms in total. The molecule has 6 rings (SSSR count). The highest BCUT2D eigenvalue weighted by Gasteiger charge is 2.75. The fourth-order valence-electron chi connectivity index (χ4n) is 8.82. The van der Waals surface area contributed by atoms with Crippen LogP contribution in [0.25, 0.3) is 0 Å². The first-order valence-corrected chi connectivity index (χ1v) is 19.2. The lowest BCUT2D eigenvalue weighted by Gasteiger charge is -2.40. The second-order valence-electron chi connectivity index (χ2n) is 14.8. The summed E-state index contributed by atoms with van der Waals surface area (Å²) in [5.41, 5.74) is 0.297. The van der Waals surface area contributed by atoms with Gasteiger partial charge >= 0.3 is 5.97 Å². The number of hydrogen-bond acceptors (Lipinski definition) is 9. The van der Waals surface area contributed by atoms with E-state index in [0.29, 0.717) is 57.6 Å². The van der Waals surface area contributed by atoms with Crippen LogP contribution >= 0.6 is 0 Å². The zero-order valence-corrected chi connectivity index (χ0v) is 31.2. The van der Waals surface area contributed by atoms with Crippen molar-refractivity contribution in [2.24, 2.45) is 11.8 Å². The van der Waals surface area contributed by atoms with Crippen molar-refractivity contribution in [2.75, 3.05) is 52.5 Å². The molecule has 4 saturated heterocycles. The number of carbonyl (C=O) groups is 4. The average molecular weight is 743 g/mol. The Morgan fingerprint density at radius 2 is 1.78 bits per heavy atom. The van der Waals surface area contributed by atoms with Crippen LogP contribution in [-0.2, 0) is 39.8 Å². The van der Waals surface area contributed by atoms with Crippen molar-refractivity contribution in [1.82, 2.24) is 20.0 Å². The van der Waals surface area contributed by atoms with E-state index in [9.17, 15) is 24.3 Å². The Kier molecular flexibility index (Phi) is 13.0. The highest BCUT2D eigenvalue weighted by Crippen LogP contribution is 2.59. The summed E-state index contributed by atoms with van der Waals surface area (Å²) in [5.74, 6) is -3.50. The maximum Gasteiger partial charge on any atom is 0.313 e. The summed E-state index contributed by atoms with van der Waals surface area (Å²) in [7, 11) is 0. The summed E-state index contributed by atoms with van der Waals surface area (Å²) in [6.07, 6.45) is 3.79. The first-order chi connectivity index (χ1) is 26.2. The van der Waals surface area contributed by atoms with E-state index < -0.39 is 59.6 Å². The Labute approximate surface area is 318 Å². The predicted molar refractivity (Wildman–Crippen MR) is 202 cm³/mol. The first-order valence-electron chi connectivity index (χ1n) is 19.2. The number of allylic oxidation sites excluding steroid dienone is 1. The number of aliphatic hydroxyl groups excluding tert-OH is 1. The van der Waals surface area contributed by atoms with Crippen molar-refractivity contribution in [3.63, 3.8) is 0 Å². The number of ether oxygens (including phenoxy) is 3. The van der Waals surface area contributed by atoms with Crippen molar-refractivity contribution in [2.45, 2.75) is 75.0 Å². The number of esters is 1. The van der Waals surface area contributed by atoms with Crippen molar-refractivity contribution < 1.29 is 38.5 Å². The van der Waals surface area contributed by atoms with E-state index in [1.165, 1.54) is 4.90 Å². The molecule has 4 fully saturated rings. The standard InChI is InChI=1S/C42H54N4O8/c1-4-6-17-34(48)43-29(3)37(31-15-11-8-12-16-31)53-41(51)35-33-18-19-42(54-33)36(35)39(49)46(32(28-47)27-30-13-9-7-10-14-30)38(42)40(50)45(20-5-2)22-21-44-23-25-52-26-24-44/h4-5,7-16,29,32-33,35-38,47H,1-2,6,17-28H2,3H3,(H,43,48)/t29-,32+,33-,35+,36+,37-,38-,42+/m0/s1. The number of morpholine rings is 1. The molecule has 1 spiro atoms. The highest BCUT2D eigenvalue weighted by molar-refractivity contribution is 5.98. The van der Waals surface area contributed by atoms with Crippen LogP contribution < -0.4 is 5.32 Å². The van der Waals surface area contributed by atoms with Crippen LogP contribution in [0.4, 0.5) is 0 Å². The van der Waals surface area contributed by atoms with E-state index in [-0.39, 0.29) is 31.4 Å². The number of nitrogens with zero attached hydrogens (tertiary/aromatic N) is 3. The van der Waals surface area contributed by atoms with Gasteiger partial charge in [0, 0.05) is 39.1 Å². The Morgan fingerprint density at radius 1 is 1.07 bits per heavy atom. The average Bonchev–Trinajstić information content (AvgIpc) is 3.85. The summed E-state index contributed by atoms with van der Waals surface area (Å²) < 4.78 is 18.6. The minimum Gasteiger partial charge on any atom is -0.455 e. The molecule has 8 atom stereocenters. The van der Waals surface area contributed by atoms with Gasteiger partial charge in [-0.25, -0.2) is 0 Å². The minimum atomic E-state index is -1.29. The Hall–Kier alpha value is -4.36. The van der Waals surface area contributed by atoms with Gasteiger partial charge in [0.25, 0.3) is 0 Å². The fraction of sp³-hybridized carbons (Fsp3) is 0.524. The van der Waals surface area contributed by atoms with E-state index in [1.54, 1.807) is 24.0 Å². The van der Waals surface area contributed by atoms with E-state index in [2.05, 4.69) is 23.4 Å². The largest absolute Gasteiger partial charge is 0.455 e. The molecule has 4 aliphatic heterocycles. The van der Waals surface area contributed by atoms with Crippen LogP contribution in [0.2, 0.25) is 0 Å². The molecule has 4 aliphatic rings. The number of hydrogen-bond donors (Lipinski definition) is 2. The molecule has 3 amide bonds. The van der Waals surface area contributed by atoms with Gasteiger partial charge in [-0.1, -0.05) is 72.8 Å². The van der Waals surface area contributed by atoms with Crippen LogP contribution in [0.1, 0.15) is 49.8 Å². The van der Waals surface area contributed by atoms with Crippen molar-refractivity contribution in [3.05, 3.63) is 97.1 Å². The summed E-state index contributed by atoms with van der Waals surface area (Å²) in [6.45, 7) is 13.1. The third-order valence-electron chi connectivity index (χ3n) is 11.4. The van der Waals surface area contributed by atoms with E-state index in [4.69, 9.17) is 14.2 Å². The molecule has 12 heteroatoms. The molecule has 54 heavy (non-hydrogen) atoms. The zero-order chi connectivity index (χ0) is 38.2. The molecule has 2 aromatic carbocycles. The van der Waals surface area contributed by atoms with Gasteiger partial charge in [-0.2, -0.15) is 0 Å². The maximum atomic E-state index is 15.0. The highest BCUT2D eigenvalue weighted by atomic mass is 16.6. The van der Waals surface area contributed by atoms with Crippen LogP contribution in [0.5, 0.6) is 0 Å².